The lowest BCUT2D eigenvalue weighted by molar-refractivity contribution is -0.128. The molecule has 0 spiro atoms. The van der Waals surface area contributed by atoms with Crippen molar-refractivity contribution in [2.24, 2.45) is 0 Å². The predicted molar refractivity (Wildman–Crippen MR) is 207 cm³/mol. The number of aliphatic hydroxyl groups is 1. The first-order chi connectivity index (χ1) is 23.6. The standard InChI is InChI=1S/C39H46Cl3N3O5.ClH/c1-24-12-13-25(2)35(26(24)3)49-19-18-27-14-16-28(17-15-27)31-20-30-21-43-22-32(45(30)37(48)50-38(4,5)39(40,41)42)34(31)36(47)44(6)23-33(46)29-10-8-7-9-11-29;/h7-17,30,32-33,43,46H,18-23H2,1-6H3;1H/t30?,32?,33-;/m1./s1. The third-order valence-corrected chi connectivity index (χ3v) is 11.2. The number of nitrogens with zero attached hydrogens (tertiary/aromatic N) is 2. The van der Waals surface area contributed by atoms with E-state index < -0.39 is 27.6 Å². The van der Waals surface area contributed by atoms with E-state index in [0.717, 1.165) is 33.6 Å². The van der Waals surface area contributed by atoms with Crippen LogP contribution in [0.15, 0.2) is 72.3 Å². The van der Waals surface area contributed by atoms with E-state index in [1.807, 2.05) is 42.5 Å². The number of fused-ring (bicyclic) bond motifs is 2. The third kappa shape index (κ3) is 9.16. The van der Waals surface area contributed by atoms with Gasteiger partial charge in [0.15, 0.2) is 5.60 Å². The van der Waals surface area contributed by atoms with Crippen LogP contribution in [0, 0.1) is 20.8 Å². The Morgan fingerprint density at radius 1 is 0.980 bits per heavy atom. The van der Waals surface area contributed by atoms with Gasteiger partial charge in [-0.25, -0.2) is 4.79 Å². The first-order valence-corrected chi connectivity index (χ1v) is 18.0. The molecule has 2 bridgehead atoms. The summed E-state index contributed by atoms with van der Waals surface area (Å²) in [5.74, 6) is 0.640. The summed E-state index contributed by atoms with van der Waals surface area (Å²) in [6, 6.07) is 20.6. The van der Waals surface area contributed by atoms with Crippen LogP contribution >= 0.6 is 47.2 Å². The van der Waals surface area contributed by atoms with Crippen molar-refractivity contribution in [1.82, 2.24) is 15.1 Å². The number of alkyl halides is 3. The zero-order valence-electron chi connectivity index (χ0n) is 29.8. The van der Waals surface area contributed by atoms with Crippen LogP contribution in [0.2, 0.25) is 0 Å². The number of halogens is 4. The van der Waals surface area contributed by atoms with E-state index in [1.54, 1.807) is 11.9 Å². The summed E-state index contributed by atoms with van der Waals surface area (Å²) >= 11 is 18.5. The molecular formula is C39H47Cl4N3O5. The summed E-state index contributed by atoms with van der Waals surface area (Å²) in [4.78, 5) is 31.4. The number of amides is 2. The van der Waals surface area contributed by atoms with E-state index in [-0.39, 0.29) is 30.9 Å². The van der Waals surface area contributed by atoms with Gasteiger partial charge < -0.3 is 24.8 Å². The predicted octanol–water partition coefficient (Wildman–Crippen LogP) is 7.93. The highest BCUT2D eigenvalue weighted by Crippen LogP contribution is 2.43. The first-order valence-electron chi connectivity index (χ1n) is 16.9. The molecule has 2 heterocycles. The van der Waals surface area contributed by atoms with Crippen molar-refractivity contribution in [2.75, 3.05) is 33.3 Å². The summed E-state index contributed by atoms with van der Waals surface area (Å²) in [7, 11) is 1.66. The lowest BCUT2D eigenvalue weighted by Crippen LogP contribution is -2.64. The molecule has 1 fully saturated rings. The van der Waals surface area contributed by atoms with Crippen molar-refractivity contribution in [1.29, 1.82) is 0 Å². The molecule has 2 amide bonds. The maximum Gasteiger partial charge on any atom is 0.411 e. The number of carbonyl (C=O) groups is 2. The lowest BCUT2D eigenvalue weighted by Gasteiger charge is -2.48. The zero-order chi connectivity index (χ0) is 36.4. The van der Waals surface area contributed by atoms with E-state index in [2.05, 4.69) is 50.4 Å². The number of hydrogen-bond donors (Lipinski definition) is 2. The number of rotatable bonds is 10. The molecule has 0 radical (unpaired) electrons. The number of likely N-dealkylation sites (N-methyl/N-ethyl adjacent to an activating group) is 1. The first kappa shape index (κ1) is 40.8. The number of aliphatic hydroxyl groups excluding tert-OH is 1. The Morgan fingerprint density at radius 3 is 2.27 bits per heavy atom. The van der Waals surface area contributed by atoms with Gasteiger partial charge in [-0.05, 0) is 80.0 Å². The Bertz CT molecular complexity index is 1730. The van der Waals surface area contributed by atoms with Crippen LogP contribution in [-0.2, 0) is 16.0 Å². The van der Waals surface area contributed by atoms with Gasteiger partial charge in [-0.3, -0.25) is 9.69 Å². The quantitative estimate of drug-likeness (QED) is 0.203. The number of ether oxygens (including phenoxy) is 2. The van der Waals surface area contributed by atoms with Crippen molar-refractivity contribution in [3.63, 3.8) is 0 Å². The number of nitrogens with one attached hydrogen (secondary N) is 1. The van der Waals surface area contributed by atoms with Gasteiger partial charge in [0, 0.05) is 32.1 Å². The average molecular weight is 780 g/mol. The van der Waals surface area contributed by atoms with Gasteiger partial charge in [0.1, 0.15) is 5.75 Å². The van der Waals surface area contributed by atoms with Crippen LogP contribution in [0.4, 0.5) is 4.79 Å². The molecule has 0 saturated carbocycles. The van der Waals surface area contributed by atoms with Gasteiger partial charge in [0.25, 0.3) is 5.91 Å². The van der Waals surface area contributed by atoms with Gasteiger partial charge >= 0.3 is 6.09 Å². The normalized spacial score (nSPS) is 18.1. The number of piperazine rings is 1. The van der Waals surface area contributed by atoms with Crippen LogP contribution in [0.5, 0.6) is 5.75 Å². The van der Waals surface area contributed by atoms with E-state index in [1.165, 1.54) is 24.3 Å². The summed E-state index contributed by atoms with van der Waals surface area (Å²) in [6.45, 7) is 10.7. The SMILES string of the molecule is Cc1ccc(C)c(OCCc2ccc(C3=C(C(=O)N(C)C[C@@H](O)c4ccccc4)C4CNCC(C3)N4C(=O)OC(C)(C)C(Cl)(Cl)Cl)cc2)c1C.Cl. The fourth-order valence-corrected chi connectivity index (χ4v) is 6.68. The van der Waals surface area contributed by atoms with Crippen LogP contribution in [0.25, 0.3) is 5.57 Å². The van der Waals surface area contributed by atoms with E-state index in [9.17, 15) is 14.7 Å². The van der Waals surface area contributed by atoms with Crippen molar-refractivity contribution in [2.45, 2.75) is 75.0 Å². The Morgan fingerprint density at radius 2 is 1.63 bits per heavy atom. The number of benzene rings is 3. The Balaban J connectivity index is 0.00000583. The minimum atomic E-state index is -1.87. The molecule has 0 aliphatic carbocycles. The Kier molecular flexibility index (Phi) is 13.4. The Labute approximate surface area is 322 Å². The van der Waals surface area contributed by atoms with E-state index >= 15 is 0 Å². The number of aryl methyl sites for hydroxylation is 2. The van der Waals surface area contributed by atoms with Gasteiger partial charge in [0.2, 0.25) is 3.79 Å². The molecular weight excluding hydrogens is 732 g/mol. The van der Waals surface area contributed by atoms with Crippen LogP contribution < -0.4 is 10.1 Å². The van der Waals surface area contributed by atoms with Gasteiger partial charge in [-0.1, -0.05) is 102 Å². The zero-order valence-corrected chi connectivity index (χ0v) is 32.9. The number of hydrogen-bond acceptors (Lipinski definition) is 6. The van der Waals surface area contributed by atoms with Gasteiger partial charge in [-0.2, -0.15) is 0 Å². The fraction of sp³-hybridized carbons (Fsp3) is 0.436. The molecule has 3 aromatic rings. The maximum atomic E-state index is 14.5. The molecule has 51 heavy (non-hydrogen) atoms. The largest absolute Gasteiger partial charge is 0.493 e. The highest BCUT2D eigenvalue weighted by molar-refractivity contribution is 6.68. The molecule has 8 nitrogen and oxygen atoms in total. The second-order valence-electron chi connectivity index (χ2n) is 13.8. The van der Waals surface area contributed by atoms with E-state index in [0.29, 0.717) is 43.7 Å². The molecule has 2 aliphatic rings. The molecule has 2 aliphatic heterocycles. The molecule has 3 atom stereocenters. The highest BCUT2D eigenvalue weighted by Gasteiger charge is 2.50. The second-order valence-corrected chi connectivity index (χ2v) is 16.0. The highest BCUT2D eigenvalue weighted by atomic mass is 35.6. The minimum absolute atomic E-state index is 0. The van der Waals surface area contributed by atoms with Crippen LogP contribution in [0.1, 0.15) is 59.8 Å². The molecule has 12 heteroatoms. The smallest absolute Gasteiger partial charge is 0.411 e. The molecule has 276 valence electrons. The molecule has 2 N–H and O–H groups in total. The summed E-state index contributed by atoms with van der Waals surface area (Å²) < 4.78 is 10.1. The molecule has 2 unspecified atom stereocenters. The van der Waals surface area contributed by atoms with Gasteiger partial charge in [0.05, 0.1) is 31.3 Å². The van der Waals surface area contributed by atoms with Crippen LogP contribution in [0.3, 0.4) is 0 Å². The summed E-state index contributed by atoms with van der Waals surface area (Å²) in [5, 5.41) is 14.4. The van der Waals surface area contributed by atoms with Crippen molar-refractivity contribution in [3.8, 4) is 5.75 Å². The monoisotopic (exact) mass is 777 g/mol. The minimum Gasteiger partial charge on any atom is -0.493 e. The third-order valence-electron chi connectivity index (χ3n) is 9.80. The van der Waals surface area contributed by atoms with Crippen molar-refractivity contribution >= 4 is 64.8 Å². The molecule has 0 aromatic heterocycles. The summed E-state index contributed by atoms with van der Waals surface area (Å²) in [6.07, 6.45) is -0.443. The molecule has 5 rings (SSSR count). The molecule has 1 saturated heterocycles. The Hall–Kier alpha value is -2.98. The topological polar surface area (TPSA) is 91.3 Å². The fourth-order valence-electron chi connectivity index (χ4n) is 6.57. The van der Waals surface area contributed by atoms with Gasteiger partial charge in [-0.15, -0.1) is 12.4 Å². The second kappa shape index (κ2) is 16.8. The van der Waals surface area contributed by atoms with Crippen molar-refractivity contribution in [3.05, 3.63) is 106 Å². The molecule has 3 aromatic carbocycles. The van der Waals surface area contributed by atoms with E-state index in [4.69, 9.17) is 44.3 Å². The van der Waals surface area contributed by atoms with Crippen molar-refractivity contribution < 1.29 is 24.2 Å². The maximum absolute atomic E-state index is 14.5. The number of carbonyl (C=O) groups excluding carboxylic acids is 2. The summed E-state index contributed by atoms with van der Waals surface area (Å²) in [5.41, 5.74) is 6.04. The van der Waals surface area contributed by atoms with Crippen LogP contribution in [-0.4, -0.2) is 81.7 Å². The lowest BCUT2D eigenvalue weighted by atomic mass is 9.81. The average Bonchev–Trinajstić information content (AvgIpc) is 3.07.